The Hall–Kier alpha value is -1.96. The molecule has 0 aliphatic heterocycles. The summed E-state index contributed by atoms with van der Waals surface area (Å²) in [4.78, 5) is 12.0. The Morgan fingerprint density at radius 3 is 2.85 bits per heavy atom. The van der Waals surface area contributed by atoms with E-state index in [0.717, 1.165) is 10.0 Å². The molecular formula is C12H15BrN6O. The van der Waals surface area contributed by atoms with Gasteiger partial charge in [0.1, 0.15) is 0 Å². The highest BCUT2D eigenvalue weighted by Crippen LogP contribution is 2.25. The summed E-state index contributed by atoms with van der Waals surface area (Å²) in [5.41, 5.74) is 1.76. The van der Waals surface area contributed by atoms with E-state index in [1.165, 1.54) is 4.68 Å². The lowest BCUT2D eigenvalue weighted by atomic mass is 10.2. The number of nitrogens with zero attached hydrogens (tertiary/aromatic N) is 4. The van der Waals surface area contributed by atoms with Gasteiger partial charge in [0.25, 0.3) is 0 Å². The summed E-state index contributed by atoms with van der Waals surface area (Å²) in [6.07, 6.45) is 0. The van der Waals surface area contributed by atoms with Gasteiger partial charge in [0.15, 0.2) is 5.82 Å². The molecule has 2 N–H and O–H groups in total. The molecule has 0 unspecified atom stereocenters. The summed E-state index contributed by atoms with van der Waals surface area (Å²) in [7, 11) is 1.72. The van der Waals surface area contributed by atoms with Gasteiger partial charge in [0.2, 0.25) is 0 Å². The molecule has 0 bridgehead atoms. The molecule has 2 amide bonds. The first-order chi connectivity index (χ1) is 9.49. The van der Waals surface area contributed by atoms with Gasteiger partial charge in [0.05, 0.1) is 11.7 Å². The van der Waals surface area contributed by atoms with Crippen LogP contribution in [-0.4, -0.2) is 26.2 Å². The van der Waals surface area contributed by atoms with Gasteiger partial charge < -0.3 is 10.6 Å². The third-order valence-corrected chi connectivity index (χ3v) is 3.88. The number of aromatic nitrogens is 4. The van der Waals surface area contributed by atoms with Gasteiger partial charge in [-0.05, 0) is 51.8 Å². The number of carbonyl (C=O) groups is 1. The van der Waals surface area contributed by atoms with Crippen molar-refractivity contribution in [1.29, 1.82) is 0 Å². The number of tetrazole rings is 1. The quantitative estimate of drug-likeness (QED) is 0.898. The highest BCUT2D eigenvalue weighted by atomic mass is 79.9. The van der Waals surface area contributed by atoms with Crippen LogP contribution < -0.4 is 10.6 Å². The normalized spacial score (nSPS) is 12.0. The van der Waals surface area contributed by atoms with Crippen LogP contribution in [0.25, 0.3) is 0 Å². The fraction of sp³-hybridized carbons (Fsp3) is 0.333. The summed E-state index contributed by atoms with van der Waals surface area (Å²) in [5.74, 6) is 0.587. The van der Waals surface area contributed by atoms with E-state index in [0.29, 0.717) is 11.5 Å². The third kappa shape index (κ3) is 3.13. The lowest BCUT2D eigenvalue weighted by Gasteiger charge is -2.14. The smallest absolute Gasteiger partial charge is 0.319 e. The fourth-order valence-electron chi connectivity index (χ4n) is 1.77. The number of carbonyl (C=O) groups excluding carboxylic acids is 1. The average molecular weight is 339 g/mol. The zero-order chi connectivity index (χ0) is 14.7. The van der Waals surface area contributed by atoms with E-state index in [1.54, 1.807) is 7.05 Å². The minimum absolute atomic E-state index is 0.293. The Morgan fingerprint density at radius 2 is 2.20 bits per heavy atom. The largest absolute Gasteiger partial charge is 0.328 e. The second kappa shape index (κ2) is 6.00. The minimum atomic E-state index is -0.313. The molecule has 0 saturated carbocycles. The molecule has 2 rings (SSSR count). The zero-order valence-electron chi connectivity index (χ0n) is 11.4. The van der Waals surface area contributed by atoms with Crippen molar-refractivity contribution in [3.8, 4) is 0 Å². The maximum Gasteiger partial charge on any atom is 0.319 e. The number of anilines is 1. The monoisotopic (exact) mass is 338 g/mol. The van der Waals surface area contributed by atoms with Gasteiger partial charge in [-0.25, -0.2) is 9.48 Å². The number of hydrogen-bond donors (Lipinski definition) is 2. The predicted octanol–water partition coefficient (Wildman–Crippen LogP) is 2.16. The Labute approximate surface area is 124 Å². The molecule has 20 heavy (non-hydrogen) atoms. The Balaban J connectivity index is 2.03. The second-order valence-electron chi connectivity index (χ2n) is 4.42. The Kier molecular flexibility index (Phi) is 4.33. The highest BCUT2D eigenvalue weighted by Gasteiger charge is 2.15. The van der Waals surface area contributed by atoms with E-state index in [1.807, 2.05) is 32.0 Å². The third-order valence-electron chi connectivity index (χ3n) is 2.83. The van der Waals surface area contributed by atoms with E-state index >= 15 is 0 Å². The first-order valence-corrected chi connectivity index (χ1v) is 6.83. The molecule has 1 atom stereocenters. The minimum Gasteiger partial charge on any atom is -0.328 e. The molecule has 1 aromatic carbocycles. The SMILES string of the molecule is Cc1cccc(NC(=O)N[C@H](C)c2nnnn2C)c1Br. The van der Waals surface area contributed by atoms with E-state index in [4.69, 9.17) is 0 Å². The van der Waals surface area contributed by atoms with Crippen LogP contribution in [0.1, 0.15) is 24.4 Å². The highest BCUT2D eigenvalue weighted by molar-refractivity contribution is 9.10. The number of urea groups is 1. The van der Waals surface area contributed by atoms with Gasteiger partial charge in [-0.3, -0.25) is 0 Å². The summed E-state index contributed by atoms with van der Waals surface area (Å²) in [5, 5.41) is 16.7. The Bertz CT molecular complexity index is 626. The number of aryl methyl sites for hydroxylation is 2. The van der Waals surface area contributed by atoms with Crippen molar-refractivity contribution in [3.05, 3.63) is 34.1 Å². The van der Waals surface area contributed by atoms with Crippen LogP contribution in [0.15, 0.2) is 22.7 Å². The van der Waals surface area contributed by atoms with E-state index in [-0.39, 0.29) is 12.1 Å². The predicted molar refractivity (Wildman–Crippen MR) is 78.2 cm³/mol. The topological polar surface area (TPSA) is 84.7 Å². The van der Waals surface area contributed by atoms with Crippen LogP contribution in [-0.2, 0) is 7.05 Å². The number of hydrogen-bond acceptors (Lipinski definition) is 4. The Morgan fingerprint density at radius 1 is 1.45 bits per heavy atom. The first kappa shape index (κ1) is 14.4. The fourth-order valence-corrected chi connectivity index (χ4v) is 2.13. The number of rotatable bonds is 3. The van der Waals surface area contributed by atoms with Gasteiger partial charge in [-0.2, -0.15) is 0 Å². The zero-order valence-corrected chi connectivity index (χ0v) is 13.0. The number of halogens is 1. The number of nitrogens with one attached hydrogen (secondary N) is 2. The molecular weight excluding hydrogens is 324 g/mol. The van der Waals surface area contributed by atoms with E-state index in [9.17, 15) is 4.79 Å². The molecule has 0 saturated heterocycles. The van der Waals surface area contributed by atoms with Crippen LogP contribution >= 0.6 is 15.9 Å². The second-order valence-corrected chi connectivity index (χ2v) is 5.21. The van der Waals surface area contributed by atoms with E-state index < -0.39 is 0 Å². The van der Waals surface area contributed by atoms with Crippen molar-refractivity contribution in [2.45, 2.75) is 19.9 Å². The molecule has 0 aliphatic carbocycles. The summed E-state index contributed by atoms with van der Waals surface area (Å²) in [6.45, 7) is 3.78. The molecule has 1 heterocycles. The van der Waals surface area contributed by atoms with Crippen LogP contribution in [0.4, 0.5) is 10.5 Å². The van der Waals surface area contributed by atoms with Crippen LogP contribution in [0, 0.1) is 6.92 Å². The van der Waals surface area contributed by atoms with E-state index in [2.05, 4.69) is 42.1 Å². The molecule has 8 heteroatoms. The summed E-state index contributed by atoms with van der Waals surface area (Å²) < 4.78 is 2.39. The van der Waals surface area contributed by atoms with Gasteiger partial charge in [-0.1, -0.05) is 12.1 Å². The maximum absolute atomic E-state index is 12.0. The number of benzene rings is 1. The molecule has 2 aromatic rings. The molecule has 0 spiro atoms. The van der Waals surface area contributed by atoms with Crippen molar-refractivity contribution >= 4 is 27.6 Å². The lowest BCUT2D eigenvalue weighted by Crippen LogP contribution is -2.32. The van der Waals surface area contributed by atoms with Crippen molar-refractivity contribution in [1.82, 2.24) is 25.5 Å². The van der Waals surface area contributed by atoms with Crippen LogP contribution in [0.5, 0.6) is 0 Å². The van der Waals surface area contributed by atoms with Crippen molar-refractivity contribution < 1.29 is 4.79 Å². The van der Waals surface area contributed by atoms with Gasteiger partial charge in [-0.15, -0.1) is 5.10 Å². The lowest BCUT2D eigenvalue weighted by molar-refractivity contribution is 0.248. The van der Waals surface area contributed by atoms with Crippen molar-refractivity contribution in [2.75, 3.05) is 5.32 Å². The van der Waals surface area contributed by atoms with Crippen molar-refractivity contribution in [2.24, 2.45) is 7.05 Å². The molecule has 7 nitrogen and oxygen atoms in total. The standard InChI is InChI=1S/C12H15BrN6O/c1-7-5-4-6-9(10(7)13)15-12(20)14-8(2)11-16-17-18-19(11)3/h4-6,8H,1-3H3,(H2,14,15,20)/t8-/m1/s1. The van der Waals surface area contributed by atoms with Gasteiger partial charge in [0, 0.05) is 11.5 Å². The first-order valence-electron chi connectivity index (χ1n) is 6.04. The molecule has 0 aliphatic rings. The van der Waals surface area contributed by atoms with Crippen LogP contribution in [0.2, 0.25) is 0 Å². The summed E-state index contributed by atoms with van der Waals surface area (Å²) in [6, 6.07) is 5.06. The molecule has 0 fully saturated rings. The maximum atomic E-state index is 12.0. The van der Waals surface area contributed by atoms with Gasteiger partial charge >= 0.3 is 6.03 Å². The number of amides is 2. The van der Waals surface area contributed by atoms with Crippen molar-refractivity contribution in [3.63, 3.8) is 0 Å². The van der Waals surface area contributed by atoms with Crippen LogP contribution in [0.3, 0.4) is 0 Å². The average Bonchev–Trinajstić information content (AvgIpc) is 2.81. The molecule has 1 aromatic heterocycles. The summed E-state index contributed by atoms with van der Waals surface area (Å²) >= 11 is 3.45. The molecule has 0 radical (unpaired) electrons. The molecule has 106 valence electrons.